The standard InChI is InChI=1S/C23H18ClN7O2.C2HF3O2/c24-17-4-2-16(3-5-17)23(32)31-10-8-30(9-11-31)22-21(28-20-7-12-33-29-20)26-18-6-1-15(14-25)13-19(18)27-22;3-2(4,5)1(6)7/h1-7,12-13H,8-11H2,(H,26,28,29);(H,6,7). The number of rotatable bonds is 4. The molecule has 1 fully saturated rings. The van der Waals surface area contributed by atoms with Crippen LogP contribution in [0, 0.1) is 11.3 Å². The number of halogens is 4. The van der Waals surface area contributed by atoms with Crippen LogP contribution in [0.2, 0.25) is 5.02 Å². The zero-order valence-corrected chi connectivity index (χ0v) is 21.1. The molecule has 206 valence electrons. The molecule has 0 aliphatic carbocycles. The van der Waals surface area contributed by atoms with Gasteiger partial charge in [0.25, 0.3) is 5.91 Å². The first-order valence-corrected chi connectivity index (χ1v) is 11.9. The molecule has 15 heteroatoms. The van der Waals surface area contributed by atoms with Gasteiger partial charge in [-0.15, -0.1) is 0 Å². The molecule has 40 heavy (non-hydrogen) atoms. The number of carbonyl (C=O) groups is 2. The first kappa shape index (κ1) is 28.1. The van der Waals surface area contributed by atoms with Gasteiger partial charge in [0.1, 0.15) is 6.26 Å². The predicted octanol–water partition coefficient (Wildman–Crippen LogP) is 4.48. The summed E-state index contributed by atoms with van der Waals surface area (Å²) in [5, 5.41) is 24.0. The van der Waals surface area contributed by atoms with Gasteiger partial charge >= 0.3 is 12.1 Å². The normalized spacial score (nSPS) is 13.3. The lowest BCUT2D eigenvalue weighted by Gasteiger charge is -2.36. The molecule has 5 rings (SSSR count). The van der Waals surface area contributed by atoms with Crippen molar-refractivity contribution in [2.24, 2.45) is 0 Å². The average molecular weight is 574 g/mol. The van der Waals surface area contributed by atoms with Crippen molar-refractivity contribution in [3.05, 3.63) is 70.9 Å². The fraction of sp³-hybridized carbons (Fsp3) is 0.200. The number of nitrogens with one attached hydrogen (secondary N) is 1. The largest absolute Gasteiger partial charge is 0.490 e. The number of aliphatic carboxylic acids is 1. The Hall–Kier alpha value is -4.90. The summed E-state index contributed by atoms with van der Waals surface area (Å²) in [5.74, 6) is -1.13. The molecule has 0 spiro atoms. The molecule has 2 aromatic carbocycles. The van der Waals surface area contributed by atoms with Crippen LogP contribution >= 0.6 is 11.6 Å². The summed E-state index contributed by atoms with van der Waals surface area (Å²) in [7, 11) is 0. The maximum atomic E-state index is 12.9. The number of amides is 1. The summed E-state index contributed by atoms with van der Waals surface area (Å²) >= 11 is 5.94. The second-order valence-corrected chi connectivity index (χ2v) is 8.75. The number of alkyl halides is 3. The van der Waals surface area contributed by atoms with Crippen molar-refractivity contribution in [1.82, 2.24) is 20.0 Å². The second-order valence-electron chi connectivity index (χ2n) is 8.31. The highest BCUT2D eigenvalue weighted by atomic mass is 35.5. The van der Waals surface area contributed by atoms with Crippen molar-refractivity contribution in [3.8, 4) is 6.07 Å². The zero-order chi connectivity index (χ0) is 28.9. The van der Waals surface area contributed by atoms with E-state index < -0.39 is 12.1 Å². The fourth-order valence-corrected chi connectivity index (χ4v) is 3.84. The summed E-state index contributed by atoms with van der Waals surface area (Å²) in [6.45, 7) is 2.21. The average Bonchev–Trinajstić information content (AvgIpc) is 3.45. The first-order chi connectivity index (χ1) is 19.0. The van der Waals surface area contributed by atoms with E-state index in [2.05, 4.69) is 21.4 Å². The van der Waals surface area contributed by atoms with E-state index in [0.29, 0.717) is 70.8 Å². The van der Waals surface area contributed by atoms with Crippen molar-refractivity contribution in [1.29, 1.82) is 5.26 Å². The lowest BCUT2D eigenvalue weighted by molar-refractivity contribution is -0.192. The van der Waals surface area contributed by atoms with Crippen LogP contribution in [0.15, 0.2) is 59.3 Å². The van der Waals surface area contributed by atoms with Crippen molar-refractivity contribution in [2.75, 3.05) is 36.4 Å². The summed E-state index contributed by atoms with van der Waals surface area (Å²) in [5.41, 5.74) is 2.39. The van der Waals surface area contributed by atoms with Crippen LogP contribution in [0.25, 0.3) is 11.0 Å². The Balaban J connectivity index is 0.000000470. The van der Waals surface area contributed by atoms with Gasteiger partial charge in [-0.1, -0.05) is 16.8 Å². The third-order valence-corrected chi connectivity index (χ3v) is 5.91. The third-order valence-electron chi connectivity index (χ3n) is 5.66. The Bertz CT molecular complexity index is 1550. The van der Waals surface area contributed by atoms with Gasteiger partial charge in [0.15, 0.2) is 17.5 Å². The van der Waals surface area contributed by atoms with Gasteiger partial charge in [-0.25, -0.2) is 14.8 Å². The molecule has 0 saturated carbocycles. The number of nitrogens with zero attached hydrogens (tertiary/aromatic N) is 6. The van der Waals surface area contributed by atoms with Crippen LogP contribution in [0.1, 0.15) is 15.9 Å². The van der Waals surface area contributed by atoms with Crippen LogP contribution in [-0.4, -0.2) is 69.4 Å². The number of fused-ring (bicyclic) bond motifs is 1. The number of carboxylic acid groups (broad SMARTS) is 1. The highest BCUT2D eigenvalue weighted by Gasteiger charge is 2.38. The summed E-state index contributed by atoms with van der Waals surface area (Å²) < 4.78 is 36.7. The van der Waals surface area contributed by atoms with Gasteiger partial charge in [0.05, 0.1) is 22.7 Å². The van der Waals surface area contributed by atoms with E-state index in [4.69, 9.17) is 36.0 Å². The molecule has 4 aromatic rings. The Morgan fingerprint density at radius 1 is 1.02 bits per heavy atom. The monoisotopic (exact) mass is 573 g/mol. The Labute approximate surface area is 229 Å². The molecule has 1 aliphatic heterocycles. The number of nitriles is 1. The summed E-state index contributed by atoms with van der Waals surface area (Å²) in [4.78, 5) is 35.1. The molecular formula is C25H19ClF3N7O4. The fourth-order valence-electron chi connectivity index (χ4n) is 3.71. The minimum atomic E-state index is -5.08. The Morgan fingerprint density at radius 2 is 1.70 bits per heavy atom. The molecule has 0 radical (unpaired) electrons. The molecule has 1 amide bonds. The predicted molar refractivity (Wildman–Crippen MR) is 137 cm³/mol. The molecular weight excluding hydrogens is 555 g/mol. The van der Waals surface area contributed by atoms with E-state index in [1.54, 1.807) is 48.5 Å². The summed E-state index contributed by atoms with van der Waals surface area (Å²) in [6, 6.07) is 15.9. The molecule has 1 saturated heterocycles. The lowest BCUT2D eigenvalue weighted by atomic mass is 10.2. The number of piperazine rings is 1. The molecule has 0 bridgehead atoms. The molecule has 0 unspecified atom stereocenters. The van der Waals surface area contributed by atoms with E-state index in [9.17, 15) is 23.2 Å². The van der Waals surface area contributed by atoms with Gasteiger partial charge < -0.3 is 24.7 Å². The SMILES string of the molecule is N#Cc1ccc2nc(Nc3ccon3)c(N3CCN(C(=O)c4ccc(Cl)cc4)CC3)nc2c1.O=C(O)C(F)(F)F. The number of carbonyl (C=O) groups excluding carboxylic acids is 1. The van der Waals surface area contributed by atoms with Gasteiger partial charge in [-0.3, -0.25) is 4.79 Å². The number of carboxylic acids is 1. The number of aromatic nitrogens is 3. The van der Waals surface area contributed by atoms with Gasteiger partial charge in [-0.05, 0) is 42.5 Å². The van der Waals surface area contributed by atoms with E-state index in [0.717, 1.165) is 0 Å². The maximum absolute atomic E-state index is 12.9. The van der Waals surface area contributed by atoms with Crippen LogP contribution < -0.4 is 10.2 Å². The number of benzene rings is 2. The van der Waals surface area contributed by atoms with E-state index in [-0.39, 0.29) is 5.91 Å². The van der Waals surface area contributed by atoms with Crippen molar-refractivity contribution in [3.63, 3.8) is 0 Å². The zero-order valence-electron chi connectivity index (χ0n) is 20.4. The molecule has 3 heterocycles. The minimum absolute atomic E-state index is 0.0319. The number of anilines is 3. The topological polar surface area (TPSA) is 148 Å². The first-order valence-electron chi connectivity index (χ1n) is 11.5. The van der Waals surface area contributed by atoms with E-state index in [1.165, 1.54) is 6.26 Å². The van der Waals surface area contributed by atoms with E-state index >= 15 is 0 Å². The van der Waals surface area contributed by atoms with E-state index in [1.807, 2.05) is 4.90 Å². The summed E-state index contributed by atoms with van der Waals surface area (Å²) in [6.07, 6.45) is -3.61. The lowest BCUT2D eigenvalue weighted by Crippen LogP contribution is -2.49. The van der Waals surface area contributed by atoms with Gasteiger partial charge in [0.2, 0.25) is 0 Å². The molecule has 0 atom stereocenters. The highest BCUT2D eigenvalue weighted by Crippen LogP contribution is 2.29. The molecule has 1 aliphatic rings. The van der Waals surface area contributed by atoms with Crippen LogP contribution in [-0.2, 0) is 4.79 Å². The van der Waals surface area contributed by atoms with Gasteiger partial charge in [0, 0.05) is 42.8 Å². The van der Waals surface area contributed by atoms with Crippen molar-refractivity contribution in [2.45, 2.75) is 6.18 Å². The van der Waals surface area contributed by atoms with Gasteiger partial charge in [-0.2, -0.15) is 18.4 Å². The van der Waals surface area contributed by atoms with Crippen molar-refractivity contribution >= 4 is 52.0 Å². The molecule has 2 aromatic heterocycles. The highest BCUT2D eigenvalue weighted by molar-refractivity contribution is 6.30. The maximum Gasteiger partial charge on any atom is 0.490 e. The molecule has 11 nitrogen and oxygen atoms in total. The number of hydrogen-bond acceptors (Lipinski definition) is 9. The minimum Gasteiger partial charge on any atom is -0.475 e. The third kappa shape index (κ3) is 6.75. The van der Waals surface area contributed by atoms with Crippen LogP contribution in [0.4, 0.5) is 30.6 Å². The smallest absolute Gasteiger partial charge is 0.475 e. The van der Waals surface area contributed by atoms with Crippen molar-refractivity contribution < 1.29 is 32.4 Å². The number of hydrogen-bond donors (Lipinski definition) is 2. The Kier molecular flexibility index (Phi) is 8.34. The second kappa shape index (κ2) is 11.9. The Morgan fingerprint density at radius 3 is 2.27 bits per heavy atom. The van der Waals surface area contributed by atoms with Crippen LogP contribution in [0.3, 0.4) is 0 Å². The van der Waals surface area contributed by atoms with Crippen LogP contribution in [0.5, 0.6) is 0 Å². The molecule has 2 N–H and O–H groups in total. The quantitative estimate of drug-likeness (QED) is 0.358.